The third-order valence-electron chi connectivity index (χ3n) is 3.07. The van der Waals surface area contributed by atoms with Gasteiger partial charge in [0, 0.05) is 23.9 Å². The van der Waals surface area contributed by atoms with Gasteiger partial charge in [0.25, 0.3) is 0 Å². The lowest BCUT2D eigenvalue weighted by atomic mass is 10.1. The third kappa shape index (κ3) is 4.25. The van der Waals surface area contributed by atoms with E-state index < -0.39 is 0 Å². The second kappa shape index (κ2) is 7.52. The van der Waals surface area contributed by atoms with E-state index in [2.05, 4.69) is 40.1 Å². The van der Waals surface area contributed by atoms with Crippen molar-refractivity contribution in [2.75, 3.05) is 6.54 Å². The minimum absolute atomic E-state index is 0.119. The van der Waals surface area contributed by atoms with Gasteiger partial charge in [0.15, 0.2) is 0 Å². The van der Waals surface area contributed by atoms with Gasteiger partial charge in [-0.2, -0.15) is 0 Å². The molecule has 1 N–H and O–H groups in total. The number of benzene rings is 1. The molecule has 1 aromatic carbocycles. The number of halogens is 2. The molecule has 0 bridgehead atoms. The molecule has 1 heterocycles. The molecule has 21 heavy (non-hydrogen) atoms. The number of aromatic nitrogens is 1. The number of nitrogens with zero attached hydrogens (tertiary/aromatic N) is 1. The molecule has 0 radical (unpaired) electrons. The van der Waals surface area contributed by atoms with Gasteiger partial charge in [-0.25, -0.2) is 9.37 Å². The zero-order valence-corrected chi connectivity index (χ0v) is 13.7. The summed E-state index contributed by atoms with van der Waals surface area (Å²) in [5.74, 6) is 0.566. The fourth-order valence-corrected chi connectivity index (χ4v) is 2.19. The van der Waals surface area contributed by atoms with Gasteiger partial charge >= 0.3 is 0 Å². The largest absolute Gasteiger partial charge is 0.439 e. The van der Waals surface area contributed by atoms with Crippen LogP contribution in [0.2, 0.25) is 0 Å². The van der Waals surface area contributed by atoms with E-state index in [9.17, 15) is 4.39 Å². The highest BCUT2D eigenvalue weighted by Crippen LogP contribution is 2.29. The number of hydrogen-bond donors (Lipinski definition) is 1. The van der Waals surface area contributed by atoms with Crippen molar-refractivity contribution in [1.82, 2.24) is 10.3 Å². The highest BCUT2D eigenvalue weighted by molar-refractivity contribution is 9.10. The lowest BCUT2D eigenvalue weighted by Gasteiger charge is -2.17. The summed E-state index contributed by atoms with van der Waals surface area (Å²) in [6.45, 7) is 5.09. The van der Waals surface area contributed by atoms with Crippen LogP contribution in [0, 0.1) is 5.82 Å². The van der Waals surface area contributed by atoms with Crippen LogP contribution in [0.5, 0.6) is 11.6 Å². The number of rotatable bonds is 6. The van der Waals surface area contributed by atoms with E-state index in [1.807, 2.05) is 12.1 Å². The van der Waals surface area contributed by atoms with Crippen LogP contribution in [0.15, 0.2) is 41.0 Å². The molecule has 1 atom stereocenters. The molecule has 0 amide bonds. The predicted molar refractivity (Wildman–Crippen MR) is 85.1 cm³/mol. The van der Waals surface area contributed by atoms with E-state index in [0.29, 0.717) is 16.1 Å². The number of pyridine rings is 1. The van der Waals surface area contributed by atoms with Crippen LogP contribution >= 0.6 is 15.9 Å². The Bertz CT molecular complexity index is 607. The minimum atomic E-state index is -0.359. The zero-order chi connectivity index (χ0) is 15.2. The average molecular weight is 353 g/mol. The summed E-state index contributed by atoms with van der Waals surface area (Å²) in [6.07, 6.45) is 2.72. The lowest BCUT2D eigenvalue weighted by Crippen LogP contribution is -2.20. The molecule has 0 aliphatic heterocycles. The summed E-state index contributed by atoms with van der Waals surface area (Å²) < 4.78 is 19.7. The fourth-order valence-electron chi connectivity index (χ4n) is 1.94. The first-order valence-electron chi connectivity index (χ1n) is 6.93. The topological polar surface area (TPSA) is 34.2 Å². The van der Waals surface area contributed by atoms with E-state index in [0.717, 1.165) is 18.5 Å². The van der Waals surface area contributed by atoms with Crippen molar-refractivity contribution in [2.24, 2.45) is 0 Å². The summed E-state index contributed by atoms with van der Waals surface area (Å²) in [5.41, 5.74) is 0.953. The smallest absolute Gasteiger partial charge is 0.223 e. The highest BCUT2D eigenvalue weighted by Gasteiger charge is 2.13. The van der Waals surface area contributed by atoms with Gasteiger partial charge in [0.1, 0.15) is 11.6 Å². The second-order valence-corrected chi connectivity index (χ2v) is 5.61. The molecule has 2 rings (SSSR count). The Labute approximate surface area is 132 Å². The van der Waals surface area contributed by atoms with Crippen molar-refractivity contribution in [2.45, 2.75) is 26.3 Å². The maximum atomic E-state index is 13.5. The monoisotopic (exact) mass is 352 g/mol. The van der Waals surface area contributed by atoms with Crippen LogP contribution in [0.4, 0.5) is 4.39 Å². The van der Waals surface area contributed by atoms with Gasteiger partial charge in [-0.1, -0.05) is 13.0 Å². The minimum Gasteiger partial charge on any atom is -0.439 e. The van der Waals surface area contributed by atoms with Crippen molar-refractivity contribution < 1.29 is 9.13 Å². The standard InChI is InChI=1S/C16H18BrFN2O/c1-3-8-19-11(2)13-5-4-9-20-16(13)21-12-6-7-14(17)15(18)10-12/h4-7,9-11,19H,3,8H2,1-2H3. The second-order valence-electron chi connectivity index (χ2n) is 4.75. The molecule has 1 aromatic heterocycles. The Morgan fingerprint density at radius 1 is 1.38 bits per heavy atom. The third-order valence-corrected chi connectivity index (χ3v) is 3.72. The van der Waals surface area contributed by atoms with E-state index >= 15 is 0 Å². The Morgan fingerprint density at radius 2 is 2.19 bits per heavy atom. The van der Waals surface area contributed by atoms with Gasteiger partial charge in [-0.3, -0.25) is 0 Å². The summed E-state index contributed by atoms with van der Waals surface area (Å²) in [7, 11) is 0. The van der Waals surface area contributed by atoms with E-state index in [1.54, 1.807) is 18.3 Å². The van der Waals surface area contributed by atoms with Gasteiger partial charge in [0.05, 0.1) is 4.47 Å². The predicted octanol–water partition coefficient (Wildman–Crippen LogP) is 4.84. The van der Waals surface area contributed by atoms with Crippen LogP contribution in [0.3, 0.4) is 0 Å². The molecule has 0 saturated heterocycles. The molecule has 112 valence electrons. The van der Waals surface area contributed by atoms with Crippen LogP contribution in [-0.4, -0.2) is 11.5 Å². The maximum absolute atomic E-state index is 13.5. The summed E-state index contributed by atoms with van der Waals surface area (Å²) in [4.78, 5) is 4.26. The SMILES string of the molecule is CCCNC(C)c1cccnc1Oc1ccc(Br)c(F)c1. The Kier molecular flexibility index (Phi) is 5.70. The molecule has 3 nitrogen and oxygen atoms in total. The number of nitrogens with one attached hydrogen (secondary N) is 1. The Balaban J connectivity index is 2.21. The Hall–Kier alpha value is -1.46. The molecule has 5 heteroatoms. The maximum Gasteiger partial charge on any atom is 0.223 e. The van der Waals surface area contributed by atoms with Gasteiger partial charge in [-0.05, 0) is 54.0 Å². The van der Waals surface area contributed by atoms with Crippen molar-refractivity contribution >= 4 is 15.9 Å². The molecule has 2 aromatic rings. The van der Waals surface area contributed by atoms with E-state index in [4.69, 9.17) is 4.74 Å². The molecule has 0 saturated carbocycles. The van der Waals surface area contributed by atoms with Crippen molar-refractivity contribution in [3.05, 3.63) is 52.4 Å². The van der Waals surface area contributed by atoms with Crippen LogP contribution < -0.4 is 10.1 Å². The molecule has 0 aliphatic rings. The normalized spacial score (nSPS) is 12.2. The first kappa shape index (κ1) is 15.9. The first-order chi connectivity index (χ1) is 10.1. The fraction of sp³-hybridized carbons (Fsp3) is 0.312. The molecule has 1 unspecified atom stereocenters. The number of ether oxygens (including phenoxy) is 1. The number of hydrogen-bond acceptors (Lipinski definition) is 3. The van der Waals surface area contributed by atoms with Gasteiger partial charge in [-0.15, -0.1) is 0 Å². The van der Waals surface area contributed by atoms with Crippen LogP contribution in [0.25, 0.3) is 0 Å². The zero-order valence-electron chi connectivity index (χ0n) is 12.1. The van der Waals surface area contributed by atoms with Crippen molar-refractivity contribution in [3.8, 4) is 11.6 Å². The molecular weight excluding hydrogens is 335 g/mol. The van der Waals surface area contributed by atoms with Gasteiger partial charge < -0.3 is 10.1 Å². The van der Waals surface area contributed by atoms with Crippen molar-refractivity contribution in [3.63, 3.8) is 0 Å². The average Bonchev–Trinajstić information content (AvgIpc) is 2.49. The summed E-state index contributed by atoms with van der Waals surface area (Å²) >= 11 is 3.12. The molecular formula is C16H18BrFN2O. The highest BCUT2D eigenvalue weighted by atomic mass is 79.9. The summed E-state index contributed by atoms with van der Waals surface area (Å²) in [5, 5.41) is 3.39. The lowest BCUT2D eigenvalue weighted by molar-refractivity contribution is 0.438. The van der Waals surface area contributed by atoms with Crippen molar-refractivity contribution in [1.29, 1.82) is 0 Å². The van der Waals surface area contributed by atoms with Gasteiger partial charge in [0.2, 0.25) is 5.88 Å². The Morgan fingerprint density at radius 3 is 2.90 bits per heavy atom. The quantitative estimate of drug-likeness (QED) is 0.807. The first-order valence-corrected chi connectivity index (χ1v) is 7.72. The van der Waals surface area contributed by atoms with Crippen LogP contribution in [0.1, 0.15) is 31.9 Å². The van der Waals surface area contributed by atoms with Crippen LogP contribution in [-0.2, 0) is 0 Å². The summed E-state index contributed by atoms with van der Waals surface area (Å²) in [6, 6.07) is 8.61. The molecule has 0 fully saturated rings. The molecule has 0 aliphatic carbocycles. The molecule has 0 spiro atoms. The van der Waals surface area contributed by atoms with E-state index in [-0.39, 0.29) is 11.9 Å². The van der Waals surface area contributed by atoms with E-state index in [1.165, 1.54) is 6.07 Å².